The molecule has 1 atom stereocenters. The number of nitrogens with zero attached hydrogens (tertiary/aromatic N) is 1. The number of likely N-dealkylation sites (N-methyl/N-ethyl adjacent to an activating group) is 1. The molecule has 16 heavy (non-hydrogen) atoms. The molecule has 1 unspecified atom stereocenters. The van der Waals surface area contributed by atoms with Crippen molar-refractivity contribution >= 4 is 11.5 Å². The molecule has 2 nitrogen and oxygen atoms in total. The molecular formula is C14H21NO. The normalized spacial score (nSPS) is 12.2. The van der Waals surface area contributed by atoms with Gasteiger partial charge in [-0.25, -0.2) is 0 Å². The minimum Gasteiger partial charge on any atom is -0.367 e. The lowest BCUT2D eigenvalue weighted by atomic mass is 10.0. The number of carbonyl (C=O) groups is 1. The van der Waals surface area contributed by atoms with Gasteiger partial charge in [0, 0.05) is 18.7 Å². The van der Waals surface area contributed by atoms with Gasteiger partial charge >= 0.3 is 0 Å². The molecule has 0 spiro atoms. The summed E-state index contributed by atoms with van der Waals surface area (Å²) in [5, 5.41) is 0. The van der Waals surface area contributed by atoms with Crippen molar-refractivity contribution in [3.05, 3.63) is 29.8 Å². The molecule has 88 valence electrons. The van der Waals surface area contributed by atoms with Crippen LogP contribution in [0.3, 0.4) is 0 Å². The van der Waals surface area contributed by atoms with Crippen LogP contribution in [0, 0.1) is 12.8 Å². The average Bonchev–Trinajstić information content (AvgIpc) is 2.28. The summed E-state index contributed by atoms with van der Waals surface area (Å²) in [6, 6.07) is 8.15. The van der Waals surface area contributed by atoms with E-state index in [4.69, 9.17) is 0 Å². The van der Waals surface area contributed by atoms with Crippen molar-refractivity contribution in [2.45, 2.75) is 27.2 Å². The van der Waals surface area contributed by atoms with E-state index in [0.717, 1.165) is 12.1 Å². The van der Waals surface area contributed by atoms with Crippen LogP contribution >= 0.6 is 0 Å². The Bertz CT molecular complexity index is 360. The Morgan fingerprint density at radius 3 is 2.56 bits per heavy atom. The lowest BCUT2D eigenvalue weighted by Gasteiger charge is -2.22. The molecule has 1 aromatic rings. The van der Waals surface area contributed by atoms with Crippen LogP contribution in [0.1, 0.15) is 25.8 Å². The number of hydrogen-bond acceptors (Lipinski definition) is 2. The monoisotopic (exact) mass is 219 g/mol. The molecule has 0 fully saturated rings. The van der Waals surface area contributed by atoms with E-state index in [9.17, 15) is 4.79 Å². The molecule has 0 aliphatic heterocycles. The zero-order chi connectivity index (χ0) is 12.1. The zero-order valence-corrected chi connectivity index (χ0v) is 10.7. The third-order valence-electron chi connectivity index (χ3n) is 3.08. The van der Waals surface area contributed by atoms with Gasteiger partial charge in [-0.15, -0.1) is 0 Å². The second kappa shape index (κ2) is 5.69. The Morgan fingerprint density at radius 1 is 1.38 bits per heavy atom. The smallest absolute Gasteiger partial charge is 0.154 e. The van der Waals surface area contributed by atoms with Crippen LogP contribution in [0.4, 0.5) is 5.69 Å². The van der Waals surface area contributed by atoms with Gasteiger partial charge in [0.1, 0.15) is 0 Å². The van der Waals surface area contributed by atoms with Gasteiger partial charge in [-0.3, -0.25) is 4.79 Å². The second-order valence-electron chi connectivity index (χ2n) is 4.42. The fourth-order valence-corrected chi connectivity index (χ4v) is 1.69. The van der Waals surface area contributed by atoms with Crippen molar-refractivity contribution in [2.24, 2.45) is 5.92 Å². The van der Waals surface area contributed by atoms with Crippen LogP contribution in [0.25, 0.3) is 0 Å². The van der Waals surface area contributed by atoms with Crippen molar-refractivity contribution in [2.75, 3.05) is 18.5 Å². The summed E-state index contributed by atoms with van der Waals surface area (Å²) in [4.78, 5) is 13.9. The maximum absolute atomic E-state index is 11.8. The predicted molar refractivity (Wildman–Crippen MR) is 68.9 cm³/mol. The highest BCUT2D eigenvalue weighted by Gasteiger charge is 2.14. The minimum absolute atomic E-state index is 0.159. The highest BCUT2D eigenvalue weighted by atomic mass is 16.1. The Morgan fingerprint density at radius 2 is 2.00 bits per heavy atom. The SMILES string of the molecule is CCC(C)C(=O)CN(C)c1ccccc1C. The molecule has 0 N–H and O–H groups in total. The third-order valence-corrected chi connectivity index (χ3v) is 3.08. The Kier molecular flexibility index (Phi) is 4.53. The number of rotatable bonds is 5. The summed E-state index contributed by atoms with van der Waals surface area (Å²) in [5.74, 6) is 0.472. The maximum Gasteiger partial charge on any atom is 0.154 e. The number of para-hydroxylation sites is 1. The Hall–Kier alpha value is -1.31. The van der Waals surface area contributed by atoms with E-state index in [2.05, 4.69) is 26.0 Å². The van der Waals surface area contributed by atoms with Gasteiger partial charge < -0.3 is 4.90 Å². The summed E-state index contributed by atoms with van der Waals surface area (Å²) in [7, 11) is 1.97. The van der Waals surface area contributed by atoms with Crippen LogP contribution in [-0.4, -0.2) is 19.4 Å². The van der Waals surface area contributed by atoms with Gasteiger partial charge in [-0.05, 0) is 25.0 Å². The summed E-state index contributed by atoms with van der Waals surface area (Å²) < 4.78 is 0. The first-order chi connectivity index (χ1) is 7.56. The van der Waals surface area contributed by atoms with Crippen molar-refractivity contribution in [1.29, 1.82) is 0 Å². The molecule has 1 aromatic carbocycles. The molecule has 0 amide bonds. The highest BCUT2D eigenvalue weighted by Crippen LogP contribution is 2.18. The molecular weight excluding hydrogens is 198 g/mol. The number of anilines is 1. The molecule has 0 aromatic heterocycles. The number of Topliss-reactive ketones (excluding diaryl/α,β-unsaturated/α-hetero) is 1. The van der Waals surface area contributed by atoms with Gasteiger partial charge in [0.25, 0.3) is 0 Å². The van der Waals surface area contributed by atoms with Crippen LogP contribution < -0.4 is 4.90 Å². The first kappa shape index (κ1) is 12.8. The Balaban J connectivity index is 2.69. The highest BCUT2D eigenvalue weighted by molar-refractivity contribution is 5.85. The topological polar surface area (TPSA) is 20.3 Å². The lowest BCUT2D eigenvalue weighted by molar-refractivity contribution is -0.121. The number of benzene rings is 1. The first-order valence-corrected chi connectivity index (χ1v) is 5.85. The van der Waals surface area contributed by atoms with E-state index in [0.29, 0.717) is 12.3 Å². The van der Waals surface area contributed by atoms with Crippen LogP contribution in [-0.2, 0) is 4.79 Å². The summed E-state index contributed by atoms with van der Waals surface area (Å²) >= 11 is 0. The summed E-state index contributed by atoms with van der Waals surface area (Å²) in [6.07, 6.45) is 0.917. The molecule has 1 rings (SSSR count). The third kappa shape index (κ3) is 3.09. The largest absolute Gasteiger partial charge is 0.367 e. The van der Waals surface area contributed by atoms with Crippen molar-refractivity contribution in [3.8, 4) is 0 Å². The molecule has 2 heteroatoms. The molecule has 0 saturated heterocycles. The average molecular weight is 219 g/mol. The lowest BCUT2D eigenvalue weighted by Crippen LogP contribution is -2.29. The summed E-state index contributed by atoms with van der Waals surface area (Å²) in [6.45, 7) is 6.61. The number of carbonyl (C=O) groups excluding carboxylic acids is 1. The molecule has 0 heterocycles. The van der Waals surface area contributed by atoms with Gasteiger partial charge in [0.15, 0.2) is 5.78 Å². The van der Waals surface area contributed by atoms with E-state index in [1.54, 1.807) is 0 Å². The van der Waals surface area contributed by atoms with Gasteiger partial charge in [-0.2, -0.15) is 0 Å². The number of aryl methyl sites for hydroxylation is 1. The quantitative estimate of drug-likeness (QED) is 0.758. The van der Waals surface area contributed by atoms with Crippen LogP contribution in [0.2, 0.25) is 0 Å². The molecule has 0 bridgehead atoms. The standard InChI is InChI=1S/C14H21NO/c1-5-11(2)14(16)10-15(4)13-9-7-6-8-12(13)3/h6-9,11H,5,10H2,1-4H3. The van der Waals surface area contributed by atoms with Crippen molar-refractivity contribution < 1.29 is 4.79 Å². The number of hydrogen-bond donors (Lipinski definition) is 0. The van der Waals surface area contributed by atoms with Crippen molar-refractivity contribution in [3.63, 3.8) is 0 Å². The molecule has 0 aliphatic carbocycles. The van der Waals surface area contributed by atoms with E-state index >= 15 is 0 Å². The summed E-state index contributed by atoms with van der Waals surface area (Å²) in [5.41, 5.74) is 2.35. The minimum atomic E-state index is 0.159. The van der Waals surface area contributed by atoms with E-state index in [1.165, 1.54) is 5.56 Å². The van der Waals surface area contributed by atoms with Gasteiger partial charge in [-0.1, -0.05) is 32.0 Å². The fraction of sp³-hybridized carbons (Fsp3) is 0.500. The predicted octanol–water partition coefficient (Wildman–Crippen LogP) is 3.05. The van der Waals surface area contributed by atoms with Crippen molar-refractivity contribution in [1.82, 2.24) is 0 Å². The fourth-order valence-electron chi connectivity index (χ4n) is 1.69. The maximum atomic E-state index is 11.8. The van der Waals surface area contributed by atoms with E-state index in [-0.39, 0.29) is 5.92 Å². The number of ketones is 1. The van der Waals surface area contributed by atoms with Gasteiger partial charge in [0.05, 0.1) is 6.54 Å². The van der Waals surface area contributed by atoms with E-state index < -0.39 is 0 Å². The van der Waals surface area contributed by atoms with Crippen LogP contribution in [0.5, 0.6) is 0 Å². The zero-order valence-electron chi connectivity index (χ0n) is 10.7. The first-order valence-electron chi connectivity index (χ1n) is 5.85. The molecule has 0 saturated carbocycles. The van der Waals surface area contributed by atoms with Crippen LogP contribution in [0.15, 0.2) is 24.3 Å². The molecule has 0 radical (unpaired) electrons. The molecule has 0 aliphatic rings. The second-order valence-corrected chi connectivity index (χ2v) is 4.42. The van der Waals surface area contributed by atoms with Gasteiger partial charge in [0.2, 0.25) is 0 Å². The van der Waals surface area contributed by atoms with E-state index in [1.807, 2.05) is 31.0 Å². The Labute approximate surface area is 98.3 Å².